The van der Waals surface area contributed by atoms with Gasteiger partial charge in [0.1, 0.15) is 5.82 Å². The summed E-state index contributed by atoms with van der Waals surface area (Å²) in [7, 11) is -3.43. The van der Waals surface area contributed by atoms with Crippen LogP contribution in [0.25, 0.3) is 0 Å². The average molecular weight is 527 g/mol. The summed E-state index contributed by atoms with van der Waals surface area (Å²) in [5.41, 5.74) is 1.57. The maximum absolute atomic E-state index is 13.8. The van der Waals surface area contributed by atoms with E-state index in [0.717, 1.165) is 18.4 Å². The van der Waals surface area contributed by atoms with Crippen molar-refractivity contribution in [2.45, 2.75) is 43.2 Å². The zero-order valence-corrected chi connectivity index (χ0v) is 21.0. The lowest BCUT2D eigenvalue weighted by atomic mass is 10.0. The molecule has 0 bridgehead atoms. The maximum Gasteiger partial charge on any atom is 0.305 e. The molecule has 1 aliphatic heterocycles. The molecule has 1 aliphatic rings. The van der Waals surface area contributed by atoms with Crippen molar-refractivity contribution in [3.63, 3.8) is 0 Å². The summed E-state index contributed by atoms with van der Waals surface area (Å²) >= 11 is 0. The third-order valence-electron chi connectivity index (χ3n) is 6.49. The number of amides is 1. The van der Waals surface area contributed by atoms with E-state index in [1.165, 1.54) is 60.6 Å². The number of anilines is 2. The van der Waals surface area contributed by atoms with Crippen LogP contribution in [0.2, 0.25) is 0 Å². The second-order valence-electron chi connectivity index (χ2n) is 8.75. The normalized spacial score (nSPS) is 16.4. The topological polar surface area (TPSA) is 121 Å². The predicted octanol–water partition coefficient (Wildman–Crippen LogP) is 3.93. The number of carbonyl (C=O) groups is 2. The molecule has 11 heteroatoms. The maximum atomic E-state index is 13.8. The molecule has 1 unspecified atom stereocenters. The van der Waals surface area contributed by atoms with Crippen molar-refractivity contribution in [3.05, 3.63) is 77.9 Å². The van der Waals surface area contributed by atoms with Crippen molar-refractivity contribution < 1.29 is 27.5 Å². The standard InChI is InChI=1S/C26H27FN4O5S/c1-2-37(35,36)22-10-8-18(9-11-22)24(14-25(33)34)31(17-32)21-15-28-26(29-16-21)30-12-4-7-23(30)19-5-3-6-20(27)13-19/h3,5-6,8-11,13,15-17,23-24H,2,4,7,12,14H2,1H3,(H,33,34)/t23?,24-/m0/s1. The lowest BCUT2D eigenvalue weighted by molar-refractivity contribution is -0.137. The van der Waals surface area contributed by atoms with Gasteiger partial charge in [-0.2, -0.15) is 0 Å². The van der Waals surface area contributed by atoms with Crippen molar-refractivity contribution in [3.8, 4) is 0 Å². The Morgan fingerprint density at radius 2 is 1.92 bits per heavy atom. The molecule has 0 aliphatic carbocycles. The molecule has 0 radical (unpaired) electrons. The molecule has 194 valence electrons. The molecule has 37 heavy (non-hydrogen) atoms. The second kappa shape index (κ2) is 11.0. The van der Waals surface area contributed by atoms with Gasteiger partial charge >= 0.3 is 5.97 Å². The van der Waals surface area contributed by atoms with Gasteiger partial charge in [-0.3, -0.25) is 9.59 Å². The van der Waals surface area contributed by atoms with Crippen LogP contribution in [-0.2, 0) is 19.4 Å². The fourth-order valence-electron chi connectivity index (χ4n) is 4.58. The second-order valence-corrected chi connectivity index (χ2v) is 11.0. The molecule has 1 fully saturated rings. The highest BCUT2D eigenvalue weighted by Gasteiger charge is 2.29. The van der Waals surface area contributed by atoms with Gasteiger partial charge in [0.25, 0.3) is 0 Å². The third kappa shape index (κ3) is 5.77. The number of hydrogen-bond donors (Lipinski definition) is 1. The van der Waals surface area contributed by atoms with Gasteiger partial charge < -0.3 is 14.9 Å². The summed E-state index contributed by atoms with van der Waals surface area (Å²) in [6, 6.07) is 11.3. The van der Waals surface area contributed by atoms with Gasteiger partial charge in [0.2, 0.25) is 12.4 Å². The van der Waals surface area contributed by atoms with E-state index >= 15 is 0 Å². The highest BCUT2D eigenvalue weighted by Crippen LogP contribution is 2.35. The first-order chi connectivity index (χ1) is 17.7. The lowest BCUT2D eigenvalue weighted by Gasteiger charge is -2.28. The van der Waals surface area contributed by atoms with E-state index < -0.39 is 28.3 Å². The molecule has 2 aromatic carbocycles. The summed E-state index contributed by atoms with van der Waals surface area (Å²) < 4.78 is 38.1. The SMILES string of the molecule is CCS(=O)(=O)c1ccc([C@H](CC(=O)O)N(C=O)c2cnc(N3CCCC3c3cccc(F)c3)nc2)cc1. The summed E-state index contributed by atoms with van der Waals surface area (Å²) in [6.45, 7) is 2.23. The molecule has 1 aromatic heterocycles. The fourth-order valence-corrected chi connectivity index (χ4v) is 5.47. The summed E-state index contributed by atoms with van der Waals surface area (Å²) in [5.74, 6) is -1.08. The van der Waals surface area contributed by atoms with Crippen LogP contribution >= 0.6 is 0 Å². The summed E-state index contributed by atoms with van der Waals surface area (Å²) in [5, 5.41) is 9.50. The quantitative estimate of drug-likeness (QED) is 0.395. The Labute approximate surface area is 214 Å². The van der Waals surface area contributed by atoms with Crippen molar-refractivity contribution in [1.82, 2.24) is 9.97 Å². The predicted molar refractivity (Wildman–Crippen MR) is 135 cm³/mol. The smallest absolute Gasteiger partial charge is 0.305 e. The summed E-state index contributed by atoms with van der Waals surface area (Å²) in [4.78, 5) is 35.9. The Morgan fingerprint density at radius 3 is 2.51 bits per heavy atom. The molecule has 4 rings (SSSR count). The number of carboxylic acids is 1. The number of nitrogens with zero attached hydrogens (tertiary/aromatic N) is 4. The lowest BCUT2D eigenvalue weighted by Crippen LogP contribution is -2.30. The van der Waals surface area contributed by atoms with Gasteiger partial charge in [0.05, 0.1) is 47.2 Å². The van der Waals surface area contributed by atoms with Gasteiger partial charge in [-0.05, 0) is 48.2 Å². The molecule has 1 amide bonds. The first-order valence-corrected chi connectivity index (χ1v) is 13.5. The number of halogens is 1. The Bertz CT molecular complexity index is 1370. The van der Waals surface area contributed by atoms with Crippen molar-refractivity contribution in [2.75, 3.05) is 22.1 Å². The number of carbonyl (C=O) groups excluding carboxylic acids is 1. The summed E-state index contributed by atoms with van der Waals surface area (Å²) in [6.07, 6.45) is 4.70. The van der Waals surface area contributed by atoms with Crippen LogP contribution in [-0.4, -0.2) is 48.2 Å². The van der Waals surface area contributed by atoms with Crippen molar-refractivity contribution >= 4 is 33.9 Å². The Kier molecular flexibility index (Phi) is 7.82. The molecular formula is C26H27FN4O5S. The van der Waals surface area contributed by atoms with Crippen molar-refractivity contribution in [2.24, 2.45) is 0 Å². The Balaban J connectivity index is 1.61. The van der Waals surface area contributed by atoms with E-state index in [-0.39, 0.29) is 28.2 Å². The van der Waals surface area contributed by atoms with Gasteiger partial charge in [-0.15, -0.1) is 0 Å². The Hall–Kier alpha value is -3.86. The first kappa shape index (κ1) is 26.2. The Morgan fingerprint density at radius 1 is 1.22 bits per heavy atom. The van der Waals surface area contributed by atoms with Gasteiger partial charge in [0.15, 0.2) is 9.84 Å². The van der Waals surface area contributed by atoms with Crippen LogP contribution in [0.15, 0.2) is 65.8 Å². The molecule has 3 aromatic rings. The van der Waals surface area contributed by atoms with Gasteiger partial charge in [-0.1, -0.05) is 31.2 Å². The van der Waals surface area contributed by atoms with Crippen LogP contribution in [0.1, 0.15) is 49.4 Å². The minimum Gasteiger partial charge on any atom is -0.481 e. The monoisotopic (exact) mass is 526 g/mol. The minimum absolute atomic E-state index is 0.0634. The van der Waals surface area contributed by atoms with Crippen LogP contribution in [0, 0.1) is 5.82 Å². The third-order valence-corrected chi connectivity index (χ3v) is 8.24. The molecular weight excluding hydrogens is 499 g/mol. The number of carboxylic acid groups (broad SMARTS) is 1. The molecule has 0 saturated carbocycles. The zero-order chi connectivity index (χ0) is 26.6. The number of aromatic nitrogens is 2. The largest absolute Gasteiger partial charge is 0.481 e. The molecule has 2 atom stereocenters. The fraction of sp³-hybridized carbons (Fsp3) is 0.308. The minimum atomic E-state index is -3.43. The van der Waals surface area contributed by atoms with E-state index in [1.807, 2.05) is 11.0 Å². The van der Waals surface area contributed by atoms with Crippen LogP contribution in [0.3, 0.4) is 0 Å². The molecule has 9 nitrogen and oxygen atoms in total. The average Bonchev–Trinajstić information content (AvgIpc) is 3.39. The molecule has 0 spiro atoms. The molecule has 1 N–H and O–H groups in total. The molecule has 2 heterocycles. The molecule has 1 saturated heterocycles. The van der Waals surface area contributed by atoms with E-state index in [2.05, 4.69) is 9.97 Å². The van der Waals surface area contributed by atoms with E-state index in [9.17, 15) is 27.5 Å². The van der Waals surface area contributed by atoms with Crippen molar-refractivity contribution in [1.29, 1.82) is 0 Å². The number of aliphatic carboxylic acids is 1. The van der Waals surface area contributed by atoms with Crippen LogP contribution in [0.4, 0.5) is 16.0 Å². The van der Waals surface area contributed by atoms with E-state index in [1.54, 1.807) is 6.07 Å². The van der Waals surface area contributed by atoms with Crippen LogP contribution in [0.5, 0.6) is 0 Å². The van der Waals surface area contributed by atoms with Gasteiger partial charge in [0, 0.05) is 6.54 Å². The highest BCUT2D eigenvalue weighted by molar-refractivity contribution is 7.91. The van der Waals surface area contributed by atoms with Crippen LogP contribution < -0.4 is 9.80 Å². The number of sulfone groups is 1. The highest BCUT2D eigenvalue weighted by atomic mass is 32.2. The van der Waals surface area contributed by atoms with E-state index in [0.29, 0.717) is 24.5 Å². The number of benzene rings is 2. The zero-order valence-electron chi connectivity index (χ0n) is 20.2. The van der Waals surface area contributed by atoms with Gasteiger partial charge in [-0.25, -0.2) is 22.8 Å². The van der Waals surface area contributed by atoms with E-state index in [4.69, 9.17) is 0 Å². The first-order valence-electron chi connectivity index (χ1n) is 11.9. The number of hydrogen-bond acceptors (Lipinski definition) is 7. The number of rotatable bonds is 10.